The quantitative estimate of drug-likeness (QED) is 0.886. The van der Waals surface area contributed by atoms with E-state index in [0.29, 0.717) is 25.9 Å². The van der Waals surface area contributed by atoms with Crippen molar-refractivity contribution in [2.45, 2.75) is 31.5 Å². The predicted octanol–water partition coefficient (Wildman–Crippen LogP) is 0.566. The van der Waals surface area contributed by atoms with E-state index in [2.05, 4.69) is 5.10 Å². The molecule has 130 valence electrons. The highest BCUT2D eigenvalue weighted by Gasteiger charge is 2.42. The minimum atomic E-state index is -0.540. The molecule has 2 amide bonds. The number of piperidine rings is 1. The Morgan fingerprint density at radius 2 is 2.04 bits per heavy atom. The second-order valence-electron chi connectivity index (χ2n) is 6.55. The van der Waals surface area contributed by atoms with E-state index in [1.54, 1.807) is 20.7 Å². The van der Waals surface area contributed by atoms with E-state index in [4.69, 9.17) is 0 Å². The normalized spacial score (nSPS) is 23.7. The van der Waals surface area contributed by atoms with Gasteiger partial charge in [-0.3, -0.25) is 9.59 Å². The molecule has 2 saturated heterocycles. The average molecular weight is 340 g/mol. The highest BCUT2D eigenvalue weighted by Crippen LogP contribution is 2.25. The summed E-state index contributed by atoms with van der Waals surface area (Å²) in [6, 6.07) is 9.01. The summed E-state index contributed by atoms with van der Waals surface area (Å²) in [7, 11) is 0. The molecule has 0 radical (unpaired) electrons. The van der Waals surface area contributed by atoms with E-state index in [1.165, 1.54) is 0 Å². The van der Waals surface area contributed by atoms with Gasteiger partial charge in [0.25, 0.3) is 0 Å². The number of hydrogen-bond donors (Lipinski definition) is 1. The van der Waals surface area contributed by atoms with Gasteiger partial charge in [0.15, 0.2) is 0 Å². The van der Waals surface area contributed by atoms with Crippen molar-refractivity contribution >= 4 is 11.8 Å². The summed E-state index contributed by atoms with van der Waals surface area (Å²) in [5.74, 6) is -0.137. The van der Waals surface area contributed by atoms with Crippen LogP contribution >= 0.6 is 0 Å². The summed E-state index contributed by atoms with van der Waals surface area (Å²) in [6.45, 7) is 0.883. The van der Waals surface area contributed by atoms with Crippen molar-refractivity contribution in [2.24, 2.45) is 0 Å². The van der Waals surface area contributed by atoms with Gasteiger partial charge < -0.3 is 14.9 Å². The first kappa shape index (κ1) is 15.8. The molecule has 1 N–H and O–H groups in total. The Balaban J connectivity index is 1.59. The zero-order chi connectivity index (χ0) is 17.4. The maximum atomic E-state index is 12.9. The molecule has 1 aromatic carbocycles. The molecule has 0 aliphatic carbocycles. The van der Waals surface area contributed by atoms with Gasteiger partial charge in [-0.05, 0) is 24.1 Å². The van der Waals surface area contributed by atoms with Gasteiger partial charge in [-0.25, -0.2) is 4.68 Å². The number of carbonyl (C=O) groups is 2. The molecule has 3 heterocycles. The Hall–Kier alpha value is -2.67. The van der Waals surface area contributed by atoms with Gasteiger partial charge in [0.05, 0.1) is 11.8 Å². The molecule has 1 aromatic heterocycles. The van der Waals surface area contributed by atoms with E-state index in [9.17, 15) is 14.7 Å². The number of aromatic nitrogens is 2. The Morgan fingerprint density at radius 3 is 2.84 bits per heavy atom. The molecule has 0 unspecified atom stereocenters. The molecule has 25 heavy (non-hydrogen) atoms. The van der Waals surface area contributed by atoms with Crippen molar-refractivity contribution in [1.82, 2.24) is 19.6 Å². The van der Waals surface area contributed by atoms with Crippen molar-refractivity contribution in [3.63, 3.8) is 0 Å². The lowest BCUT2D eigenvalue weighted by Gasteiger charge is -2.44. The molecular formula is C18H20N4O3. The maximum absolute atomic E-state index is 12.9. The van der Waals surface area contributed by atoms with Gasteiger partial charge >= 0.3 is 0 Å². The molecule has 0 saturated carbocycles. The summed E-state index contributed by atoms with van der Waals surface area (Å²) in [4.78, 5) is 28.5. The third-order valence-electron chi connectivity index (χ3n) is 4.92. The molecule has 2 aliphatic heterocycles. The van der Waals surface area contributed by atoms with Crippen LogP contribution in [0.5, 0.6) is 0 Å². The van der Waals surface area contributed by atoms with E-state index >= 15 is 0 Å². The zero-order valence-corrected chi connectivity index (χ0v) is 13.8. The summed E-state index contributed by atoms with van der Waals surface area (Å²) >= 11 is 0. The van der Waals surface area contributed by atoms with Crippen LogP contribution in [0.25, 0.3) is 5.69 Å². The fraction of sp³-hybridized carbons (Fsp3) is 0.389. The SMILES string of the molecule is O=C1[C@@H]2C[C@H](O)CCN2C(=O)CN1Cc1ccccc1-n1cccn1. The van der Waals surface area contributed by atoms with Crippen molar-refractivity contribution < 1.29 is 14.7 Å². The van der Waals surface area contributed by atoms with Crippen LogP contribution in [0.15, 0.2) is 42.7 Å². The average Bonchev–Trinajstić information content (AvgIpc) is 3.14. The fourth-order valence-corrected chi connectivity index (χ4v) is 3.64. The smallest absolute Gasteiger partial charge is 0.246 e. The van der Waals surface area contributed by atoms with Gasteiger partial charge in [0.1, 0.15) is 12.6 Å². The minimum absolute atomic E-state index is 0.0481. The zero-order valence-electron chi connectivity index (χ0n) is 13.8. The Bertz CT molecular complexity index is 789. The lowest BCUT2D eigenvalue weighted by atomic mass is 9.95. The molecule has 2 aliphatic rings. The molecular weight excluding hydrogens is 320 g/mol. The van der Waals surface area contributed by atoms with Crippen molar-refractivity contribution in [3.8, 4) is 5.69 Å². The number of aliphatic hydroxyl groups is 1. The molecule has 2 aromatic rings. The second-order valence-corrected chi connectivity index (χ2v) is 6.55. The molecule has 2 fully saturated rings. The Morgan fingerprint density at radius 1 is 1.20 bits per heavy atom. The number of carbonyl (C=O) groups excluding carboxylic acids is 2. The van der Waals surface area contributed by atoms with Crippen LogP contribution in [0.4, 0.5) is 0 Å². The number of piperazine rings is 1. The summed E-state index contributed by atoms with van der Waals surface area (Å²) in [5, 5.41) is 14.1. The molecule has 0 bridgehead atoms. The maximum Gasteiger partial charge on any atom is 0.246 e. The summed E-state index contributed by atoms with van der Waals surface area (Å²) in [6.07, 6.45) is 3.89. The van der Waals surface area contributed by atoms with Crippen LogP contribution in [-0.4, -0.2) is 61.7 Å². The molecule has 4 rings (SSSR count). The van der Waals surface area contributed by atoms with E-state index < -0.39 is 12.1 Å². The highest BCUT2D eigenvalue weighted by molar-refractivity contribution is 5.95. The van der Waals surface area contributed by atoms with Gasteiger partial charge in [-0.2, -0.15) is 5.10 Å². The number of nitrogens with zero attached hydrogens (tertiary/aromatic N) is 4. The third-order valence-corrected chi connectivity index (χ3v) is 4.92. The van der Waals surface area contributed by atoms with Crippen LogP contribution in [0.1, 0.15) is 18.4 Å². The summed E-state index contributed by atoms with van der Waals surface area (Å²) in [5.41, 5.74) is 1.82. The molecule has 0 spiro atoms. The van der Waals surface area contributed by atoms with Crippen LogP contribution in [-0.2, 0) is 16.1 Å². The monoisotopic (exact) mass is 340 g/mol. The number of hydrogen-bond acceptors (Lipinski definition) is 4. The molecule has 7 heteroatoms. The van der Waals surface area contributed by atoms with Crippen molar-refractivity contribution in [2.75, 3.05) is 13.1 Å². The largest absolute Gasteiger partial charge is 0.393 e. The lowest BCUT2D eigenvalue weighted by Crippen LogP contribution is -2.62. The Labute approximate surface area is 145 Å². The predicted molar refractivity (Wildman–Crippen MR) is 89.7 cm³/mol. The first-order valence-corrected chi connectivity index (χ1v) is 8.48. The van der Waals surface area contributed by atoms with Gasteiger partial charge in [0.2, 0.25) is 11.8 Å². The Kier molecular flexibility index (Phi) is 4.01. The van der Waals surface area contributed by atoms with E-state index in [-0.39, 0.29) is 18.4 Å². The third kappa shape index (κ3) is 2.91. The first-order chi connectivity index (χ1) is 12.1. The molecule has 2 atom stereocenters. The number of benzene rings is 1. The van der Waals surface area contributed by atoms with Crippen molar-refractivity contribution in [1.29, 1.82) is 0 Å². The number of fused-ring (bicyclic) bond motifs is 1. The van der Waals surface area contributed by atoms with Crippen LogP contribution in [0, 0.1) is 0 Å². The number of amides is 2. The van der Waals surface area contributed by atoms with Crippen LogP contribution in [0.2, 0.25) is 0 Å². The number of rotatable bonds is 3. The van der Waals surface area contributed by atoms with Gasteiger partial charge in [-0.15, -0.1) is 0 Å². The van der Waals surface area contributed by atoms with Crippen molar-refractivity contribution in [3.05, 3.63) is 48.3 Å². The lowest BCUT2D eigenvalue weighted by molar-refractivity contribution is -0.160. The fourth-order valence-electron chi connectivity index (χ4n) is 3.64. The summed E-state index contributed by atoms with van der Waals surface area (Å²) < 4.78 is 1.75. The molecule has 7 nitrogen and oxygen atoms in total. The first-order valence-electron chi connectivity index (χ1n) is 8.48. The van der Waals surface area contributed by atoms with Crippen LogP contribution < -0.4 is 0 Å². The minimum Gasteiger partial charge on any atom is -0.393 e. The standard InChI is InChI=1S/C18H20N4O3/c23-14-6-9-21-16(10-14)18(25)20(12-17(21)24)11-13-4-1-2-5-15(13)22-8-3-7-19-22/h1-5,7-8,14,16,23H,6,9-12H2/t14-,16+/m1/s1. The second kappa shape index (κ2) is 6.33. The van der Waals surface area contributed by atoms with Gasteiger partial charge in [-0.1, -0.05) is 18.2 Å². The topological polar surface area (TPSA) is 78.7 Å². The van der Waals surface area contributed by atoms with Gasteiger partial charge in [0, 0.05) is 31.9 Å². The highest BCUT2D eigenvalue weighted by atomic mass is 16.3. The number of para-hydroxylation sites is 1. The van der Waals surface area contributed by atoms with E-state index in [0.717, 1.165) is 11.3 Å². The van der Waals surface area contributed by atoms with Crippen LogP contribution in [0.3, 0.4) is 0 Å². The number of aliphatic hydroxyl groups excluding tert-OH is 1. The van der Waals surface area contributed by atoms with E-state index in [1.807, 2.05) is 36.5 Å².